The molecule has 2 aromatic rings. The minimum absolute atomic E-state index is 0.136. The number of hydrogen-bond acceptors (Lipinski definition) is 6. The molecule has 1 aliphatic carbocycles. The van der Waals surface area contributed by atoms with Crippen molar-refractivity contribution in [3.8, 4) is 11.5 Å². The van der Waals surface area contributed by atoms with Gasteiger partial charge in [0.25, 0.3) is 0 Å². The summed E-state index contributed by atoms with van der Waals surface area (Å²) in [5.41, 5.74) is 3.17. The first-order chi connectivity index (χ1) is 13.3. The van der Waals surface area contributed by atoms with Gasteiger partial charge in [-0.15, -0.1) is 0 Å². The van der Waals surface area contributed by atoms with Gasteiger partial charge in [-0.25, -0.2) is 8.42 Å². The van der Waals surface area contributed by atoms with Crippen LogP contribution in [0.4, 0.5) is 0 Å². The first-order valence-electron chi connectivity index (χ1n) is 8.99. The Labute approximate surface area is 164 Å². The Morgan fingerprint density at radius 2 is 1.46 bits per heavy atom. The van der Waals surface area contributed by atoms with Crippen molar-refractivity contribution in [2.24, 2.45) is 5.41 Å². The van der Waals surface area contributed by atoms with Crippen LogP contribution >= 0.6 is 0 Å². The fourth-order valence-corrected chi connectivity index (χ4v) is 4.47. The molecule has 1 heterocycles. The van der Waals surface area contributed by atoms with E-state index >= 15 is 0 Å². The van der Waals surface area contributed by atoms with Crippen LogP contribution in [0.2, 0.25) is 0 Å². The summed E-state index contributed by atoms with van der Waals surface area (Å²) in [5.74, 6) is 1.36. The maximum Gasteiger partial charge on any atom is 0.231 e. The van der Waals surface area contributed by atoms with Crippen molar-refractivity contribution in [1.29, 1.82) is 0 Å². The van der Waals surface area contributed by atoms with Crippen LogP contribution < -0.4 is 9.47 Å². The first-order valence-corrected chi connectivity index (χ1v) is 10.9. The molecular formula is C21H22O6S. The summed E-state index contributed by atoms with van der Waals surface area (Å²) in [7, 11) is -3.27. The summed E-state index contributed by atoms with van der Waals surface area (Å²) in [6.07, 6.45) is 2.20. The molecule has 0 atom stereocenters. The number of aliphatic hydroxyl groups is 2. The summed E-state index contributed by atoms with van der Waals surface area (Å²) in [6.45, 7) is -0.0835. The number of sulfone groups is 1. The van der Waals surface area contributed by atoms with Gasteiger partial charge in [0.15, 0.2) is 21.3 Å². The molecule has 0 amide bonds. The van der Waals surface area contributed by atoms with Crippen molar-refractivity contribution < 1.29 is 28.1 Å². The SMILES string of the molecule is CS(=O)(=O)c1ccc(C2=C(c3ccc4c(c3)OCO4)CC(CO)(CO)C2)cc1. The van der Waals surface area contributed by atoms with Gasteiger partial charge in [0, 0.05) is 11.7 Å². The Kier molecular flexibility index (Phi) is 4.69. The zero-order chi connectivity index (χ0) is 19.9. The van der Waals surface area contributed by atoms with Gasteiger partial charge in [0.1, 0.15) is 0 Å². The number of rotatable bonds is 5. The van der Waals surface area contributed by atoms with Crippen molar-refractivity contribution in [3.05, 3.63) is 53.6 Å². The van der Waals surface area contributed by atoms with E-state index in [1.54, 1.807) is 24.3 Å². The highest BCUT2D eigenvalue weighted by Gasteiger charge is 2.39. The molecule has 0 radical (unpaired) electrons. The van der Waals surface area contributed by atoms with Crippen molar-refractivity contribution in [1.82, 2.24) is 0 Å². The van der Waals surface area contributed by atoms with Crippen LogP contribution in [0.3, 0.4) is 0 Å². The van der Waals surface area contributed by atoms with E-state index in [0.29, 0.717) is 24.3 Å². The van der Waals surface area contributed by atoms with E-state index in [1.165, 1.54) is 6.26 Å². The molecule has 0 saturated carbocycles. The maximum atomic E-state index is 11.8. The van der Waals surface area contributed by atoms with E-state index in [4.69, 9.17) is 9.47 Å². The lowest BCUT2D eigenvalue weighted by molar-refractivity contribution is 0.0677. The zero-order valence-electron chi connectivity index (χ0n) is 15.5. The Morgan fingerprint density at radius 1 is 0.893 bits per heavy atom. The molecule has 0 unspecified atom stereocenters. The van der Waals surface area contributed by atoms with Gasteiger partial charge in [0.05, 0.1) is 18.1 Å². The van der Waals surface area contributed by atoms with E-state index < -0.39 is 15.3 Å². The summed E-state index contributed by atoms with van der Waals surface area (Å²) in [4.78, 5) is 0.259. The quantitative estimate of drug-likeness (QED) is 0.798. The predicted molar refractivity (Wildman–Crippen MR) is 105 cm³/mol. The summed E-state index contributed by atoms with van der Waals surface area (Å²) in [5, 5.41) is 19.9. The number of benzene rings is 2. The summed E-state index contributed by atoms with van der Waals surface area (Å²) >= 11 is 0. The zero-order valence-corrected chi connectivity index (χ0v) is 16.3. The molecule has 1 aliphatic heterocycles. The van der Waals surface area contributed by atoms with E-state index in [9.17, 15) is 18.6 Å². The predicted octanol–water partition coefficient (Wildman–Crippen LogP) is 2.49. The van der Waals surface area contributed by atoms with Gasteiger partial charge in [-0.1, -0.05) is 18.2 Å². The molecule has 4 rings (SSSR count). The highest BCUT2D eigenvalue weighted by Crippen LogP contribution is 2.50. The third-order valence-electron chi connectivity index (χ3n) is 5.49. The van der Waals surface area contributed by atoms with E-state index in [0.717, 1.165) is 22.3 Å². The molecule has 0 bridgehead atoms. The number of fused-ring (bicyclic) bond motifs is 1. The molecule has 28 heavy (non-hydrogen) atoms. The van der Waals surface area contributed by atoms with Crippen LogP contribution in [0, 0.1) is 5.41 Å². The van der Waals surface area contributed by atoms with Crippen molar-refractivity contribution in [3.63, 3.8) is 0 Å². The largest absolute Gasteiger partial charge is 0.454 e. The van der Waals surface area contributed by atoms with Crippen LogP contribution in [0.1, 0.15) is 24.0 Å². The normalized spacial score (nSPS) is 18.0. The monoisotopic (exact) mass is 402 g/mol. The molecule has 2 aromatic carbocycles. The topological polar surface area (TPSA) is 93.1 Å². The van der Waals surface area contributed by atoms with Gasteiger partial charge in [-0.05, 0) is 59.4 Å². The molecule has 148 valence electrons. The molecule has 0 saturated heterocycles. The van der Waals surface area contributed by atoms with Gasteiger partial charge >= 0.3 is 0 Å². The number of ether oxygens (including phenoxy) is 2. The highest BCUT2D eigenvalue weighted by atomic mass is 32.2. The van der Waals surface area contributed by atoms with Crippen LogP contribution in [0.25, 0.3) is 11.1 Å². The average molecular weight is 402 g/mol. The first kappa shape index (κ1) is 19.0. The lowest BCUT2D eigenvalue weighted by atomic mass is 9.84. The molecule has 0 fully saturated rings. The van der Waals surface area contributed by atoms with Crippen LogP contribution in [-0.4, -0.2) is 44.9 Å². The highest BCUT2D eigenvalue weighted by molar-refractivity contribution is 7.90. The Bertz CT molecular complexity index is 1030. The molecule has 0 spiro atoms. The number of aliphatic hydroxyl groups excluding tert-OH is 2. The Balaban J connectivity index is 1.80. The second-order valence-electron chi connectivity index (χ2n) is 7.49. The third-order valence-corrected chi connectivity index (χ3v) is 6.62. The van der Waals surface area contributed by atoms with Crippen molar-refractivity contribution in [2.45, 2.75) is 17.7 Å². The van der Waals surface area contributed by atoms with E-state index in [1.807, 2.05) is 18.2 Å². The van der Waals surface area contributed by atoms with E-state index in [-0.39, 0.29) is 24.9 Å². The lowest BCUT2D eigenvalue weighted by Crippen LogP contribution is -2.27. The standard InChI is InChI=1S/C21H22O6S/c1-28(24,25)16-5-2-14(3-6-16)17-9-21(11-22,12-23)10-18(17)15-4-7-19-20(8-15)27-13-26-19/h2-8,22-23H,9-13H2,1H3. The van der Waals surface area contributed by atoms with Gasteiger partial charge < -0.3 is 19.7 Å². The van der Waals surface area contributed by atoms with Crippen molar-refractivity contribution >= 4 is 21.0 Å². The molecule has 6 nitrogen and oxygen atoms in total. The molecule has 2 N–H and O–H groups in total. The minimum Gasteiger partial charge on any atom is -0.454 e. The number of allylic oxidation sites excluding steroid dienone is 2. The fourth-order valence-electron chi connectivity index (χ4n) is 3.84. The molecule has 2 aliphatic rings. The molecular weight excluding hydrogens is 380 g/mol. The smallest absolute Gasteiger partial charge is 0.231 e. The van der Waals surface area contributed by atoms with Gasteiger partial charge in [-0.2, -0.15) is 0 Å². The van der Waals surface area contributed by atoms with Gasteiger partial charge in [-0.3, -0.25) is 0 Å². The second-order valence-corrected chi connectivity index (χ2v) is 9.51. The number of hydrogen-bond donors (Lipinski definition) is 2. The van der Waals surface area contributed by atoms with Crippen molar-refractivity contribution in [2.75, 3.05) is 26.3 Å². The summed E-state index contributed by atoms with van der Waals surface area (Å²) < 4.78 is 34.4. The van der Waals surface area contributed by atoms with Gasteiger partial charge in [0.2, 0.25) is 6.79 Å². The minimum atomic E-state index is -3.27. The van der Waals surface area contributed by atoms with Crippen LogP contribution in [0.5, 0.6) is 11.5 Å². The average Bonchev–Trinajstić information content (AvgIpc) is 3.32. The molecule has 0 aromatic heterocycles. The third kappa shape index (κ3) is 3.30. The summed E-state index contributed by atoms with van der Waals surface area (Å²) in [6, 6.07) is 12.4. The van der Waals surface area contributed by atoms with Crippen LogP contribution in [-0.2, 0) is 9.84 Å². The van der Waals surface area contributed by atoms with Crippen LogP contribution in [0.15, 0.2) is 47.4 Å². The second kappa shape index (κ2) is 6.92. The fraction of sp³-hybridized carbons (Fsp3) is 0.333. The Morgan fingerprint density at radius 3 is 2.07 bits per heavy atom. The lowest BCUT2D eigenvalue weighted by Gasteiger charge is -2.24. The van der Waals surface area contributed by atoms with E-state index in [2.05, 4.69) is 0 Å². The maximum absolute atomic E-state index is 11.8. The Hall–Kier alpha value is -2.35. The molecule has 7 heteroatoms.